The van der Waals surface area contributed by atoms with Crippen molar-refractivity contribution < 1.29 is 28.9 Å². The van der Waals surface area contributed by atoms with Crippen LogP contribution in [0.1, 0.15) is 47.4 Å². The van der Waals surface area contributed by atoms with Crippen molar-refractivity contribution in [2.24, 2.45) is 0 Å². The molecule has 0 aromatic heterocycles. The highest BCUT2D eigenvalue weighted by Crippen LogP contribution is 2.44. The van der Waals surface area contributed by atoms with E-state index in [0.29, 0.717) is 29.9 Å². The molecule has 4 rings (SSSR count). The highest BCUT2D eigenvalue weighted by molar-refractivity contribution is 5.79. The fraction of sp³-hybridized carbons (Fsp3) is 0.310. The second-order valence-electron chi connectivity index (χ2n) is 8.76. The van der Waals surface area contributed by atoms with Gasteiger partial charge in [-0.1, -0.05) is 48.5 Å². The third kappa shape index (κ3) is 5.62. The molecule has 0 atom stereocenters. The lowest BCUT2D eigenvalue weighted by Crippen LogP contribution is -2.26. The zero-order valence-electron chi connectivity index (χ0n) is 20.6. The largest absolute Gasteiger partial charge is 0.496 e. The summed E-state index contributed by atoms with van der Waals surface area (Å²) >= 11 is 0. The second-order valence-corrected chi connectivity index (χ2v) is 8.76. The van der Waals surface area contributed by atoms with Gasteiger partial charge in [-0.05, 0) is 59.2 Å². The van der Waals surface area contributed by atoms with Gasteiger partial charge in [0.2, 0.25) is 0 Å². The van der Waals surface area contributed by atoms with Crippen LogP contribution in [0.2, 0.25) is 0 Å². The molecule has 2 N–H and O–H groups in total. The minimum absolute atomic E-state index is 0.00682. The molecule has 3 aromatic carbocycles. The number of rotatable bonds is 11. The zero-order chi connectivity index (χ0) is 25.5. The topological polar surface area (TPSA) is 94.1 Å². The standard InChI is InChI=1S/C29H31NO6/c1-34-26-15-19(9-3-8-14-28(31)32)16-27(35-2)24(26)17-30-29(33)36-18-25-22-12-6-4-10-20(22)21-11-5-7-13-23(21)25/h4-7,10-13,15-16,25H,3,8-9,14,17-18H2,1-2H3,(H,30,33)(H,31,32). The number of hydrogen-bond donors (Lipinski definition) is 2. The summed E-state index contributed by atoms with van der Waals surface area (Å²) in [6, 6.07) is 20.2. The zero-order valence-corrected chi connectivity index (χ0v) is 20.6. The van der Waals surface area contributed by atoms with Gasteiger partial charge in [0.05, 0.1) is 26.3 Å². The number of nitrogens with one attached hydrogen (secondary N) is 1. The number of carboxylic acid groups (broad SMARTS) is 1. The number of benzene rings is 3. The van der Waals surface area contributed by atoms with Gasteiger partial charge in [0.25, 0.3) is 0 Å². The van der Waals surface area contributed by atoms with Gasteiger partial charge in [0.15, 0.2) is 0 Å². The summed E-state index contributed by atoms with van der Waals surface area (Å²) in [5.74, 6) is 0.399. The molecule has 0 aliphatic heterocycles. The number of alkyl carbamates (subject to hydrolysis) is 1. The quantitative estimate of drug-likeness (QED) is 0.344. The lowest BCUT2D eigenvalue weighted by molar-refractivity contribution is -0.137. The number of carboxylic acids is 1. The smallest absolute Gasteiger partial charge is 0.407 e. The van der Waals surface area contributed by atoms with Gasteiger partial charge in [-0.25, -0.2) is 4.79 Å². The summed E-state index contributed by atoms with van der Waals surface area (Å²) in [5.41, 5.74) is 6.38. The summed E-state index contributed by atoms with van der Waals surface area (Å²) in [6.45, 7) is 0.422. The Kier molecular flexibility index (Phi) is 8.10. The SMILES string of the molecule is COc1cc(CCCCC(=O)O)cc(OC)c1CNC(=O)OCC1c2ccccc2-c2ccccc21. The molecule has 0 heterocycles. The molecule has 0 radical (unpaired) electrons. The second kappa shape index (κ2) is 11.6. The monoisotopic (exact) mass is 489 g/mol. The van der Waals surface area contributed by atoms with Gasteiger partial charge in [-0.3, -0.25) is 4.79 Å². The molecule has 7 nitrogen and oxygen atoms in total. The highest BCUT2D eigenvalue weighted by atomic mass is 16.5. The lowest BCUT2D eigenvalue weighted by atomic mass is 9.98. The summed E-state index contributed by atoms with van der Waals surface area (Å²) in [7, 11) is 3.14. The van der Waals surface area contributed by atoms with Crippen molar-refractivity contribution in [2.45, 2.75) is 38.1 Å². The summed E-state index contributed by atoms with van der Waals surface area (Å²) in [6.07, 6.45) is 1.69. The van der Waals surface area contributed by atoms with Gasteiger partial charge in [-0.2, -0.15) is 0 Å². The number of amides is 1. The van der Waals surface area contributed by atoms with Crippen LogP contribution in [0.4, 0.5) is 4.79 Å². The summed E-state index contributed by atoms with van der Waals surface area (Å²) in [5, 5.41) is 11.6. The molecule has 0 unspecified atom stereocenters. The van der Waals surface area contributed by atoms with Crippen LogP contribution in [0.5, 0.6) is 11.5 Å². The molecule has 3 aromatic rings. The number of aliphatic carboxylic acids is 1. The number of fused-ring (bicyclic) bond motifs is 3. The Morgan fingerprint density at radius 3 is 2.03 bits per heavy atom. The Balaban J connectivity index is 1.38. The van der Waals surface area contributed by atoms with E-state index in [1.54, 1.807) is 14.2 Å². The van der Waals surface area contributed by atoms with E-state index >= 15 is 0 Å². The van der Waals surface area contributed by atoms with E-state index in [1.165, 1.54) is 11.1 Å². The van der Waals surface area contributed by atoms with Crippen molar-refractivity contribution in [3.05, 3.63) is 82.9 Å². The third-order valence-electron chi connectivity index (χ3n) is 6.53. The van der Waals surface area contributed by atoms with Crippen molar-refractivity contribution >= 4 is 12.1 Å². The molecule has 7 heteroatoms. The number of unbranched alkanes of at least 4 members (excludes halogenated alkanes) is 1. The van der Waals surface area contributed by atoms with Crippen molar-refractivity contribution in [3.8, 4) is 22.6 Å². The van der Waals surface area contributed by atoms with Crippen molar-refractivity contribution in [3.63, 3.8) is 0 Å². The first-order chi connectivity index (χ1) is 17.5. The molecule has 0 bridgehead atoms. The van der Waals surface area contributed by atoms with E-state index in [-0.39, 0.29) is 25.5 Å². The first-order valence-electron chi connectivity index (χ1n) is 12.1. The third-order valence-corrected chi connectivity index (χ3v) is 6.53. The van der Waals surface area contributed by atoms with Crippen molar-refractivity contribution in [1.29, 1.82) is 0 Å². The maximum atomic E-state index is 12.6. The normalized spacial score (nSPS) is 11.9. The average Bonchev–Trinajstić information content (AvgIpc) is 3.22. The molecule has 1 aliphatic carbocycles. The van der Waals surface area contributed by atoms with E-state index < -0.39 is 12.1 Å². The van der Waals surface area contributed by atoms with Gasteiger partial charge in [-0.15, -0.1) is 0 Å². The molecule has 36 heavy (non-hydrogen) atoms. The maximum absolute atomic E-state index is 12.6. The van der Waals surface area contributed by atoms with Crippen LogP contribution in [0.25, 0.3) is 11.1 Å². The first kappa shape index (κ1) is 25.1. The predicted octanol–water partition coefficient (Wildman–Crippen LogP) is 5.54. The summed E-state index contributed by atoms with van der Waals surface area (Å²) < 4.78 is 16.8. The minimum Gasteiger partial charge on any atom is -0.496 e. The number of hydrogen-bond acceptors (Lipinski definition) is 5. The predicted molar refractivity (Wildman–Crippen MR) is 137 cm³/mol. The number of aryl methyl sites for hydroxylation is 1. The fourth-order valence-electron chi connectivity index (χ4n) is 4.77. The van der Waals surface area contributed by atoms with Crippen LogP contribution in [0, 0.1) is 0 Å². The average molecular weight is 490 g/mol. The van der Waals surface area contributed by atoms with Gasteiger partial charge >= 0.3 is 12.1 Å². The molecule has 1 aliphatic rings. The van der Waals surface area contributed by atoms with E-state index in [1.807, 2.05) is 36.4 Å². The van der Waals surface area contributed by atoms with Gasteiger partial charge in [0, 0.05) is 12.3 Å². The van der Waals surface area contributed by atoms with Crippen molar-refractivity contribution in [2.75, 3.05) is 20.8 Å². The van der Waals surface area contributed by atoms with Crippen LogP contribution in [0.15, 0.2) is 60.7 Å². The Bertz CT molecular complexity index is 1170. The first-order valence-corrected chi connectivity index (χ1v) is 12.1. The number of carbonyl (C=O) groups is 2. The Morgan fingerprint density at radius 2 is 1.47 bits per heavy atom. The molecule has 0 spiro atoms. The summed E-state index contributed by atoms with van der Waals surface area (Å²) in [4.78, 5) is 23.4. The lowest BCUT2D eigenvalue weighted by Gasteiger charge is -2.17. The molecule has 0 saturated heterocycles. The van der Waals surface area contributed by atoms with Gasteiger partial charge in [0.1, 0.15) is 18.1 Å². The number of methoxy groups -OCH3 is 2. The van der Waals surface area contributed by atoms with E-state index in [0.717, 1.165) is 23.1 Å². The van der Waals surface area contributed by atoms with Crippen LogP contribution in [0.3, 0.4) is 0 Å². The van der Waals surface area contributed by atoms with E-state index in [9.17, 15) is 9.59 Å². The van der Waals surface area contributed by atoms with Crippen LogP contribution in [-0.2, 0) is 22.5 Å². The van der Waals surface area contributed by atoms with Crippen LogP contribution in [-0.4, -0.2) is 38.0 Å². The Morgan fingerprint density at radius 1 is 0.889 bits per heavy atom. The highest BCUT2D eigenvalue weighted by Gasteiger charge is 2.29. The van der Waals surface area contributed by atoms with Crippen LogP contribution < -0.4 is 14.8 Å². The molecule has 0 fully saturated rings. The minimum atomic E-state index is -0.792. The number of carbonyl (C=O) groups excluding carboxylic acids is 1. The molecule has 188 valence electrons. The Hall–Kier alpha value is -4.00. The number of ether oxygens (including phenoxy) is 3. The van der Waals surface area contributed by atoms with E-state index in [4.69, 9.17) is 19.3 Å². The molecule has 0 saturated carbocycles. The van der Waals surface area contributed by atoms with E-state index in [2.05, 4.69) is 29.6 Å². The maximum Gasteiger partial charge on any atom is 0.407 e. The van der Waals surface area contributed by atoms with Crippen LogP contribution >= 0.6 is 0 Å². The fourth-order valence-corrected chi connectivity index (χ4v) is 4.77. The molecular formula is C29H31NO6. The molecular weight excluding hydrogens is 458 g/mol. The Labute approximate surface area is 211 Å². The molecule has 1 amide bonds. The van der Waals surface area contributed by atoms with Gasteiger partial charge < -0.3 is 24.6 Å². The van der Waals surface area contributed by atoms with Crippen molar-refractivity contribution in [1.82, 2.24) is 5.32 Å².